The minimum absolute atomic E-state index is 0.335. The van der Waals surface area contributed by atoms with Gasteiger partial charge in [0.05, 0.1) is 10.9 Å². The molecule has 0 aliphatic carbocycles. The Hall–Kier alpha value is -2.59. The lowest BCUT2D eigenvalue weighted by atomic mass is 9.90. The van der Waals surface area contributed by atoms with Gasteiger partial charge in [0.2, 0.25) is 0 Å². The van der Waals surface area contributed by atoms with E-state index >= 15 is 0 Å². The molecule has 3 nitrogen and oxygen atoms in total. The van der Waals surface area contributed by atoms with Crippen LogP contribution in [-0.4, -0.2) is 11.4 Å². The normalized spacial score (nSPS) is 12.1. The predicted octanol–water partition coefficient (Wildman–Crippen LogP) is 9.29. The Morgan fingerprint density at radius 2 is 1.49 bits per heavy atom. The lowest BCUT2D eigenvalue weighted by Crippen LogP contribution is -2.25. The molecule has 0 radical (unpaired) electrons. The van der Waals surface area contributed by atoms with Crippen molar-refractivity contribution in [1.29, 1.82) is 0 Å². The average Bonchev–Trinajstić information content (AvgIpc) is 2.74. The van der Waals surface area contributed by atoms with Crippen LogP contribution in [0.3, 0.4) is 0 Å². The number of aryl methyl sites for hydroxylation is 3. The van der Waals surface area contributed by atoms with E-state index in [-0.39, 0.29) is 5.92 Å². The fraction of sp³-hybridized carbons (Fsp3) is 0.241. The van der Waals surface area contributed by atoms with E-state index < -0.39 is 4.33 Å². The van der Waals surface area contributed by atoms with E-state index in [0.29, 0.717) is 16.4 Å². The van der Waals surface area contributed by atoms with Gasteiger partial charge >= 0.3 is 0 Å². The first-order valence-electron chi connectivity index (χ1n) is 11.3. The summed E-state index contributed by atoms with van der Waals surface area (Å²) in [5.74, 6) is -0.335. The highest BCUT2D eigenvalue weighted by molar-refractivity contribution is 6.48. The zero-order valence-corrected chi connectivity index (χ0v) is 23.1. The van der Waals surface area contributed by atoms with Gasteiger partial charge in [0, 0.05) is 41.1 Å². The molecule has 0 saturated heterocycles. The molecule has 0 saturated carbocycles. The molecule has 0 bridgehead atoms. The second kappa shape index (κ2) is 11.0. The zero-order valence-electron chi connectivity index (χ0n) is 20.8. The Kier molecular flexibility index (Phi) is 8.48. The second-order valence-electron chi connectivity index (χ2n) is 9.04. The van der Waals surface area contributed by atoms with Crippen LogP contribution in [0.1, 0.15) is 40.7 Å². The van der Waals surface area contributed by atoms with Crippen LogP contribution >= 0.6 is 34.8 Å². The Bertz CT molecular complexity index is 1240. The molecule has 0 heterocycles. The van der Waals surface area contributed by atoms with E-state index in [0.717, 1.165) is 44.9 Å². The number of allylic oxidation sites excluding steroid dienone is 1. The highest BCUT2D eigenvalue weighted by Crippen LogP contribution is 2.43. The largest absolute Gasteiger partial charge is 0.388 e. The van der Waals surface area contributed by atoms with Gasteiger partial charge in [-0.25, -0.2) is 0 Å². The van der Waals surface area contributed by atoms with Gasteiger partial charge in [0.15, 0.2) is 0 Å². The van der Waals surface area contributed by atoms with Crippen LogP contribution in [0.2, 0.25) is 5.02 Å². The summed E-state index contributed by atoms with van der Waals surface area (Å²) in [6, 6.07) is 18.1. The first-order chi connectivity index (χ1) is 16.4. The summed E-state index contributed by atoms with van der Waals surface area (Å²) in [6.45, 7) is 16.5. The molecule has 0 aliphatic heterocycles. The van der Waals surface area contributed by atoms with Crippen molar-refractivity contribution in [3.05, 3.63) is 106 Å². The van der Waals surface area contributed by atoms with Crippen molar-refractivity contribution < 1.29 is 0 Å². The lowest BCUT2D eigenvalue weighted by molar-refractivity contribution is 0.716. The Balaban J connectivity index is 1.87. The van der Waals surface area contributed by atoms with Gasteiger partial charge in [-0.3, -0.25) is 0 Å². The summed E-state index contributed by atoms with van der Waals surface area (Å²) in [4.78, 5) is 0. The van der Waals surface area contributed by atoms with E-state index in [1.54, 1.807) is 6.92 Å². The van der Waals surface area contributed by atoms with Gasteiger partial charge in [-0.05, 0) is 75.2 Å². The zero-order chi connectivity index (χ0) is 25.9. The number of halogens is 3. The Morgan fingerprint density at radius 1 is 0.857 bits per heavy atom. The fourth-order valence-corrected chi connectivity index (χ4v) is 5.00. The van der Waals surface area contributed by atoms with Crippen LogP contribution in [0.5, 0.6) is 0 Å². The van der Waals surface area contributed by atoms with Crippen LogP contribution in [0.25, 0.3) is 5.70 Å². The van der Waals surface area contributed by atoms with Crippen LogP contribution in [0.4, 0.5) is 17.1 Å². The maximum absolute atomic E-state index is 6.65. The average molecular weight is 529 g/mol. The van der Waals surface area contributed by atoms with Crippen LogP contribution in [0, 0.1) is 20.8 Å². The van der Waals surface area contributed by atoms with Crippen molar-refractivity contribution in [3.63, 3.8) is 0 Å². The van der Waals surface area contributed by atoms with Crippen LogP contribution in [0.15, 0.2) is 73.5 Å². The lowest BCUT2D eigenvalue weighted by Gasteiger charge is -2.30. The molecule has 0 aromatic heterocycles. The minimum atomic E-state index is -1.07. The SMILES string of the molecule is C=C(Nc1ccc(NC)cc1C)c1cc(NC(=C)C(c2cc(C)cc(C)c2)C(C)(Cl)Cl)ccc1Cl. The van der Waals surface area contributed by atoms with Crippen LogP contribution in [-0.2, 0) is 0 Å². The quantitative estimate of drug-likeness (QED) is 0.242. The first kappa shape index (κ1) is 27.0. The van der Waals surface area contributed by atoms with E-state index in [9.17, 15) is 0 Å². The number of hydrogen-bond acceptors (Lipinski definition) is 3. The number of benzene rings is 3. The molecule has 0 fully saturated rings. The van der Waals surface area contributed by atoms with Gasteiger partial charge in [-0.1, -0.05) is 54.1 Å². The topological polar surface area (TPSA) is 36.1 Å². The molecule has 3 aromatic carbocycles. The van der Waals surface area contributed by atoms with Crippen molar-refractivity contribution in [3.8, 4) is 0 Å². The van der Waals surface area contributed by atoms with E-state index in [2.05, 4.69) is 67.2 Å². The number of rotatable bonds is 9. The summed E-state index contributed by atoms with van der Waals surface area (Å²) in [5, 5.41) is 10.5. The van der Waals surface area contributed by atoms with E-state index in [1.165, 1.54) is 0 Å². The maximum Gasteiger partial charge on any atom is 0.127 e. The summed E-state index contributed by atoms with van der Waals surface area (Å²) in [7, 11) is 1.90. The molecule has 184 valence electrons. The molecule has 6 heteroatoms. The van der Waals surface area contributed by atoms with Gasteiger partial charge < -0.3 is 16.0 Å². The monoisotopic (exact) mass is 527 g/mol. The summed E-state index contributed by atoms with van der Waals surface area (Å²) in [5.41, 5.74) is 9.37. The minimum Gasteiger partial charge on any atom is -0.388 e. The van der Waals surface area contributed by atoms with Gasteiger partial charge in [-0.2, -0.15) is 0 Å². The highest BCUT2D eigenvalue weighted by atomic mass is 35.5. The third-order valence-corrected chi connectivity index (χ3v) is 6.60. The summed E-state index contributed by atoms with van der Waals surface area (Å²) >= 11 is 19.8. The molecule has 3 rings (SSSR count). The summed E-state index contributed by atoms with van der Waals surface area (Å²) < 4.78 is -1.07. The molecule has 3 N–H and O–H groups in total. The van der Waals surface area contributed by atoms with Crippen molar-refractivity contribution in [2.75, 3.05) is 23.0 Å². The molecule has 3 aromatic rings. The fourth-order valence-electron chi connectivity index (χ4n) is 4.26. The van der Waals surface area contributed by atoms with E-state index in [4.69, 9.17) is 34.8 Å². The predicted molar refractivity (Wildman–Crippen MR) is 156 cm³/mol. The maximum atomic E-state index is 6.65. The molecular formula is C29H32Cl3N3. The third kappa shape index (κ3) is 6.76. The standard InChI is InChI=1S/C29H32Cl3N3/c1-17-12-18(2)14-22(13-17)28(29(6,31)32)21(5)34-24-8-10-26(30)25(16-24)20(4)35-27-11-9-23(33-7)15-19(27)3/h8-16,28,33-35H,4-5H2,1-3,6-7H3. The Morgan fingerprint density at radius 3 is 2.06 bits per heavy atom. The first-order valence-corrected chi connectivity index (χ1v) is 12.5. The van der Waals surface area contributed by atoms with Crippen LogP contribution < -0.4 is 16.0 Å². The molecule has 1 atom stereocenters. The van der Waals surface area contributed by atoms with Crippen molar-refractivity contribution >= 4 is 57.6 Å². The summed E-state index contributed by atoms with van der Waals surface area (Å²) in [6.07, 6.45) is 0. The van der Waals surface area contributed by atoms with Gasteiger partial charge in [0.1, 0.15) is 4.33 Å². The number of alkyl halides is 2. The molecule has 0 spiro atoms. The highest BCUT2D eigenvalue weighted by Gasteiger charge is 2.34. The van der Waals surface area contributed by atoms with Crippen molar-refractivity contribution in [1.82, 2.24) is 0 Å². The molecule has 35 heavy (non-hydrogen) atoms. The van der Waals surface area contributed by atoms with E-state index in [1.807, 2.05) is 44.3 Å². The molecule has 0 amide bonds. The number of anilines is 3. The molecular weight excluding hydrogens is 497 g/mol. The molecule has 1 unspecified atom stereocenters. The van der Waals surface area contributed by atoms with Gasteiger partial charge in [0.25, 0.3) is 0 Å². The van der Waals surface area contributed by atoms with Crippen molar-refractivity contribution in [2.24, 2.45) is 0 Å². The van der Waals surface area contributed by atoms with Crippen molar-refractivity contribution in [2.45, 2.75) is 37.9 Å². The third-order valence-electron chi connectivity index (χ3n) is 5.83. The second-order valence-corrected chi connectivity index (χ2v) is 11.2. The Labute approximate surface area is 224 Å². The smallest absolute Gasteiger partial charge is 0.127 e. The molecule has 0 aliphatic rings. The number of nitrogens with one attached hydrogen (secondary N) is 3. The number of hydrogen-bond donors (Lipinski definition) is 3. The van der Waals surface area contributed by atoms with Gasteiger partial charge in [-0.15, -0.1) is 23.2 Å².